The summed E-state index contributed by atoms with van der Waals surface area (Å²) in [6.07, 6.45) is 3.13. The van der Waals surface area contributed by atoms with E-state index in [1.54, 1.807) is 20.8 Å². The molecule has 152 valence electrons. The minimum Gasteiger partial charge on any atom is -0.338 e. The molecule has 5 nitrogen and oxygen atoms in total. The fourth-order valence-electron chi connectivity index (χ4n) is 3.71. The van der Waals surface area contributed by atoms with E-state index < -0.39 is 0 Å². The van der Waals surface area contributed by atoms with Crippen molar-refractivity contribution in [2.75, 3.05) is 18.8 Å². The van der Waals surface area contributed by atoms with Crippen molar-refractivity contribution in [3.05, 3.63) is 32.9 Å². The third-order valence-corrected chi connectivity index (χ3v) is 7.33. The Bertz CT molecular complexity index is 961. The zero-order valence-corrected chi connectivity index (χ0v) is 18.8. The number of thioether (sulfide) groups is 1. The smallest absolute Gasteiger partial charge is 0.263 e. The molecular formula is C21H29N3O2S2. The van der Waals surface area contributed by atoms with E-state index in [-0.39, 0.29) is 17.2 Å². The first kappa shape index (κ1) is 21.1. The highest BCUT2D eigenvalue weighted by Gasteiger charge is 2.25. The average molecular weight is 420 g/mol. The molecule has 0 fully saturated rings. The Morgan fingerprint density at radius 1 is 1.43 bits per heavy atom. The Morgan fingerprint density at radius 2 is 2.18 bits per heavy atom. The number of likely N-dealkylation sites (N-methyl/N-ethyl adjacent to an activating group) is 1. The van der Waals surface area contributed by atoms with E-state index in [0.717, 1.165) is 35.1 Å². The summed E-state index contributed by atoms with van der Waals surface area (Å²) in [5, 5.41) is 1.45. The molecule has 1 aliphatic rings. The minimum atomic E-state index is 0.0452. The molecule has 0 N–H and O–H groups in total. The predicted molar refractivity (Wildman–Crippen MR) is 119 cm³/mol. The van der Waals surface area contributed by atoms with E-state index in [1.165, 1.54) is 22.2 Å². The number of carbonyl (C=O) groups is 1. The van der Waals surface area contributed by atoms with Gasteiger partial charge in [0, 0.05) is 24.5 Å². The van der Waals surface area contributed by atoms with Crippen molar-refractivity contribution in [2.45, 2.75) is 58.7 Å². The number of fused-ring (bicyclic) bond motifs is 3. The van der Waals surface area contributed by atoms with Crippen LogP contribution in [-0.4, -0.2) is 39.2 Å². The van der Waals surface area contributed by atoms with Crippen LogP contribution in [0.1, 0.15) is 44.6 Å². The molecule has 0 aliphatic heterocycles. The second-order valence-corrected chi connectivity index (χ2v) is 9.66. The van der Waals surface area contributed by atoms with Gasteiger partial charge in [-0.3, -0.25) is 14.2 Å². The van der Waals surface area contributed by atoms with Gasteiger partial charge in [0.15, 0.2) is 5.16 Å². The van der Waals surface area contributed by atoms with Gasteiger partial charge >= 0.3 is 0 Å². The van der Waals surface area contributed by atoms with Crippen LogP contribution >= 0.6 is 23.1 Å². The molecule has 2 aromatic heterocycles. The van der Waals surface area contributed by atoms with Gasteiger partial charge in [-0.1, -0.05) is 30.8 Å². The highest BCUT2D eigenvalue weighted by atomic mass is 32.2. The molecule has 0 saturated heterocycles. The van der Waals surface area contributed by atoms with Crippen LogP contribution < -0.4 is 5.56 Å². The summed E-state index contributed by atoms with van der Waals surface area (Å²) in [6.45, 7) is 13.8. The number of nitrogens with zero attached hydrogens (tertiary/aromatic N) is 3. The summed E-state index contributed by atoms with van der Waals surface area (Å²) in [5.41, 5.74) is 2.22. The average Bonchev–Trinajstić information content (AvgIpc) is 3.01. The molecule has 0 bridgehead atoms. The van der Waals surface area contributed by atoms with E-state index >= 15 is 0 Å². The van der Waals surface area contributed by atoms with Crippen LogP contribution in [0.4, 0.5) is 0 Å². The van der Waals surface area contributed by atoms with Gasteiger partial charge in [0.2, 0.25) is 5.91 Å². The lowest BCUT2D eigenvalue weighted by molar-refractivity contribution is -0.127. The zero-order valence-electron chi connectivity index (χ0n) is 17.2. The quantitative estimate of drug-likeness (QED) is 0.385. The molecule has 0 spiro atoms. The van der Waals surface area contributed by atoms with Crippen LogP contribution in [0.2, 0.25) is 0 Å². The molecule has 1 atom stereocenters. The number of rotatable bonds is 7. The summed E-state index contributed by atoms with van der Waals surface area (Å²) in [7, 11) is 0. The number of hydrogen-bond donors (Lipinski definition) is 0. The molecule has 1 amide bonds. The standard InChI is InChI=1S/C21H29N3O2S2/c1-6-23(11-13(3)4)17(25)12-27-21-22-19-18(20(26)24(21)7-2)15-9-8-14(5)10-16(15)28-19/h14H,3,6-12H2,1-2,4-5H3/t14-/m1/s1. The molecular weight excluding hydrogens is 390 g/mol. The molecule has 1 aliphatic carbocycles. The topological polar surface area (TPSA) is 55.2 Å². The summed E-state index contributed by atoms with van der Waals surface area (Å²) in [4.78, 5) is 34.5. The van der Waals surface area contributed by atoms with Crippen LogP contribution in [-0.2, 0) is 24.2 Å². The molecule has 0 saturated carbocycles. The van der Waals surface area contributed by atoms with Crippen LogP contribution in [0.15, 0.2) is 22.1 Å². The molecule has 28 heavy (non-hydrogen) atoms. The second kappa shape index (κ2) is 8.82. The summed E-state index contributed by atoms with van der Waals surface area (Å²) in [5.74, 6) is 0.988. The van der Waals surface area contributed by atoms with E-state index in [1.807, 2.05) is 20.8 Å². The van der Waals surface area contributed by atoms with Gasteiger partial charge < -0.3 is 4.90 Å². The van der Waals surface area contributed by atoms with Crippen molar-refractivity contribution in [1.29, 1.82) is 0 Å². The second-order valence-electron chi connectivity index (χ2n) is 7.63. The van der Waals surface area contributed by atoms with Crippen LogP contribution in [0.5, 0.6) is 0 Å². The maximum atomic E-state index is 13.2. The Kier molecular flexibility index (Phi) is 6.65. The minimum absolute atomic E-state index is 0.0452. The van der Waals surface area contributed by atoms with Gasteiger partial charge in [-0.05, 0) is 51.5 Å². The number of aryl methyl sites for hydroxylation is 1. The largest absolute Gasteiger partial charge is 0.338 e. The summed E-state index contributed by atoms with van der Waals surface area (Å²) in [6, 6.07) is 0. The van der Waals surface area contributed by atoms with Gasteiger partial charge in [-0.25, -0.2) is 4.98 Å². The third-order valence-electron chi connectivity index (χ3n) is 5.22. The van der Waals surface area contributed by atoms with Gasteiger partial charge in [0.25, 0.3) is 5.56 Å². The van der Waals surface area contributed by atoms with Crippen molar-refractivity contribution in [1.82, 2.24) is 14.5 Å². The maximum absolute atomic E-state index is 13.2. The molecule has 3 rings (SSSR count). The Hall–Kier alpha value is -1.60. The molecule has 0 aromatic carbocycles. The van der Waals surface area contributed by atoms with Crippen LogP contribution in [0.3, 0.4) is 0 Å². The molecule has 2 heterocycles. The van der Waals surface area contributed by atoms with E-state index in [2.05, 4.69) is 13.5 Å². The fourth-order valence-corrected chi connectivity index (χ4v) is 6.10. The Labute approximate surface area is 174 Å². The van der Waals surface area contributed by atoms with Gasteiger partial charge in [0.1, 0.15) is 4.83 Å². The van der Waals surface area contributed by atoms with Crippen molar-refractivity contribution < 1.29 is 4.79 Å². The SMILES string of the molecule is C=C(C)CN(CC)C(=O)CSc1nc2sc3c(c2c(=O)n1CC)CC[C@@H](C)C3. The molecule has 7 heteroatoms. The van der Waals surface area contributed by atoms with Crippen molar-refractivity contribution >= 4 is 39.2 Å². The van der Waals surface area contributed by atoms with Gasteiger partial charge in [-0.2, -0.15) is 0 Å². The van der Waals surface area contributed by atoms with E-state index in [0.29, 0.717) is 30.7 Å². The third kappa shape index (κ3) is 4.20. The lowest BCUT2D eigenvalue weighted by Gasteiger charge is -2.21. The number of aromatic nitrogens is 2. The van der Waals surface area contributed by atoms with E-state index in [4.69, 9.17) is 4.98 Å². The lowest BCUT2D eigenvalue weighted by Crippen LogP contribution is -2.33. The first-order valence-corrected chi connectivity index (χ1v) is 11.8. The number of hydrogen-bond acceptors (Lipinski definition) is 5. The van der Waals surface area contributed by atoms with Crippen molar-refractivity contribution in [3.8, 4) is 0 Å². The molecule has 0 unspecified atom stereocenters. The first-order chi connectivity index (χ1) is 13.3. The Morgan fingerprint density at radius 3 is 2.82 bits per heavy atom. The Balaban J connectivity index is 1.90. The zero-order chi connectivity index (χ0) is 20.4. The molecule has 0 radical (unpaired) electrons. The normalized spacial score (nSPS) is 16.2. The predicted octanol–water partition coefficient (Wildman–Crippen LogP) is 4.12. The number of amides is 1. The lowest BCUT2D eigenvalue weighted by atomic mass is 9.89. The van der Waals surface area contributed by atoms with Crippen LogP contribution in [0.25, 0.3) is 10.2 Å². The molecule has 2 aromatic rings. The summed E-state index contributed by atoms with van der Waals surface area (Å²) < 4.78 is 1.72. The summed E-state index contributed by atoms with van der Waals surface area (Å²) >= 11 is 3.02. The van der Waals surface area contributed by atoms with Gasteiger partial charge in [0.05, 0.1) is 11.1 Å². The highest BCUT2D eigenvalue weighted by Crippen LogP contribution is 2.36. The first-order valence-electron chi connectivity index (χ1n) is 9.95. The van der Waals surface area contributed by atoms with Crippen molar-refractivity contribution in [3.63, 3.8) is 0 Å². The monoisotopic (exact) mass is 419 g/mol. The van der Waals surface area contributed by atoms with Crippen LogP contribution in [0, 0.1) is 5.92 Å². The van der Waals surface area contributed by atoms with E-state index in [9.17, 15) is 9.59 Å². The highest BCUT2D eigenvalue weighted by molar-refractivity contribution is 7.99. The van der Waals surface area contributed by atoms with Crippen molar-refractivity contribution in [2.24, 2.45) is 5.92 Å². The number of thiophene rings is 1. The maximum Gasteiger partial charge on any atom is 0.263 e. The fraction of sp³-hybridized carbons (Fsp3) is 0.571. The number of carbonyl (C=O) groups excluding carboxylic acids is 1. The van der Waals surface area contributed by atoms with Gasteiger partial charge in [-0.15, -0.1) is 11.3 Å².